The third kappa shape index (κ3) is 3.03. The van der Waals surface area contributed by atoms with Crippen LogP contribution < -0.4 is 11.3 Å². The van der Waals surface area contributed by atoms with Gasteiger partial charge >= 0.3 is 5.91 Å². The van der Waals surface area contributed by atoms with Crippen LogP contribution in [0.3, 0.4) is 0 Å². The lowest BCUT2D eigenvalue weighted by Crippen LogP contribution is -2.56. The van der Waals surface area contributed by atoms with Gasteiger partial charge in [-0.25, -0.2) is 5.84 Å². The SMILES string of the molecule is CN(Cc1ccc(C(=O)NN)o1)CC1(N(C)C)CCC1. The van der Waals surface area contributed by atoms with E-state index in [1.807, 2.05) is 6.07 Å². The van der Waals surface area contributed by atoms with E-state index in [1.54, 1.807) is 6.07 Å². The number of nitrogens with one attached hydrogen (secondary N) is 1. The van der Waals surface area contributed by atoms with Crippen LogP contribution in [0, 0.1) is 0 Å². The lowest BCUT2D eigenvalue weighted by Gasteiger charge is -2.49. The molecular weight excluding hydrogens is 256 g/mol. The van der Waals surface area contributed by atoms with Crippen molar-refractivity contribution in [3.05, 3.63) is 23.7 Å². The molecule has 3 N–H and O–H groups in total. The van der Waals surface area contributed by atoms with Crippen LogP contribution in [0.5, 0.6) is 0 Å². The van der Waals surface area contributed by atoms with Crippen LogP contribution in [0.2, 0.25) is 0 Å². The minimum Gasteiger partial charge on any atom is -0.455 e. The van der Waals surface area contributed by atoms with Crippen LogP contribution in [0.25, 0.3) is 0 Å². The van der Waals surface area contributed by atoms with E-state index in [2.05, 4.69) is 36.4 Å². The summed E-state index contributed by atoms with van der Waals surface area (Å²) in [6.45, 7) is 1.69. The fraction of sp³-hybridized carbons (Fsp3) is 0.643. The molecule has 6 nitrogen and oxygen atoms in total. The predicted octanol–water partition coefficient (Wildman–Crippen LogP) is 0.799. The van der Waals surface area contributed by atoms with Crippen molar-refractivity contribution in [1.29, 1.82) is 0 Å². The summed E-state index contributed by atoms with van der Waals surface area (Å²) in [4.78, 5) is 15.9. The second kappa shape index (κ2) is 5.95. The summed E-state index contributed by atoms with van der Waals surface area (Å²) in [6.07, 6.45) is 3.78. The molecule has 0 spiro atoms. The highest BCUT2D eigenvalue weighted by molar-refractivity contribution is 5.90. The average molecular weight is 280 g/mol. The third-order valence-corrected chi connectivity index (χ3v) is 4.24. The van der Waals surface area contributed by atoms with Gasteiger partial charge in [0.25, 0.3) is 0 Å². The van der Waals surface area contributed by atoms with Crippen LogP contribution in [0.1, 0.15) is 35.6 Å². The highest BCUT2D eigenvalue weighted by atomic mass is 16.4. The van der Waals surface area contributed by atoms with Gasteiger partial charge in [0.05, 0.1) is 6.54 Å². The van der Waals surface area contributed by atoms with E-state index in [9.17, 15) is 4.79 Å². The zero-order valence-electron chi connectivity index (χ0n) is 12.5. The normalized spacial score (nSPS) is 17.3. The zero-order chi connectivity index (χ0) is 14.8. The maximum absolute atomic E-state index is 11.3. The number of amides is 1. The Morgan fingerprint density at radius 2 is 2.10 bits per heavy atom. The summed E-state index contributed by atoms with van der Waals surface area (Å²) < 4.78 is 5.49. The Hall–Kier alpha value is -1.37. The molecule has 0 aliphatic heterocycles. The Bertz CT molecular complexity index is 465. The number of nitrogens with zero attached hydrogens (tertiary/aromatic N) is 2. The maximum Gasteiger partial charge on any atom is 0.300 e. The topological polar surface area (TPSA) is 74.7 Å². The summed E-state index contributed by atoms with van der Waals surface area (Å²) >= 11 is 0. The minimum absolute atomic E-state index is 0.252. The molecule has 0 atom stereocenters. The monoisotopic (exact) mass is 280 g/mol. The second-order valence-electron chi connectivity index (χ2n) is 5.88. The van der Waals surface area contributed by atoms with Crippen molar-refractivity contribution >= 4 is 5.91 Å². The fourth-order valence-corrected chi connectivity index (χ4v) is 2.81. The first-order chi connectivity index (χ1) is 9.47. The molecule has 1 aromatic heterocycles. The highest BCUT2D eigenvalue weighted by Gasteiger charge is 2.39. The van der Waals surface area contributed by atoms with Gasteiger partial charge in [0.2, 0.25) is 0 Å². The number of carbonyl (C=O) groups is 1. The van der Waals surface area contributed by atoms with Gasteiger partial charge < -0.3 is 9.32 Å². The number of hydrazine groups is 1. The van der Waals surface area contributed by atoms with Crippen molar-refractivity contribution in [3.8, 4) is 0 Å². The summed E-state index contributed by atoms with van der Waals surface area (Å²) in [6, 6.07) is 3.47. The van der Waals surface area contributed by atoms with Crippen molar-refractivity contribution in [2.75, 3.05) is 27.7 Å². The maximum atomic E-state index is 11.3. The summed E-state index contributed by atoms with van der Waals surface area (Å²) in [5.74, 6) is 5.71. The van der Waals surface area contributed by atoms with Gasteiger partial charge in [-0.1, -0.05) is 0 Å². The Labute approximate surface area is 119 Å². The number of furan rings is 1. The number of rotatable bonds is 6. The number of hydrogen-bond donors (Lipinski definition) is 2. The first kappa shape index (κ1) is 15.0. The largest absolute Gasteiger partial charge is 0.455 e. The van der Waals surface area contributed by atoms with Crippen molar-refractivity contribution in [3.63, 3.8) is 0 Å². The number of nitrogens with two attached hydrogens (primary N) is 1. The van der Waals surface area contributed by atoms with Gasteiger partial charge in [0.1, 0.15) is 5.76 Å². The molecular formula is C14H24N4O2. The van der Waals surface area contributed by atoms with Crippen LogP contribution in [0.4, 0.5) is 0 Å². The molecule has 0 unspecified atom stereocenters. The molecule has 0 radical (unpaired) electrons. The Morgan fingerprint density at radius 1 is 1.40 bits per heavy atom. The van der Waals surface area contributed by atoms with E-state index < -0.39 is 5.91 Å². The van der Waals surface area contributed by atoms with Gasteiger partial charge in [-0.15, -0.1) is 0 Å². The van der Waals surface area contributed by atoms with E-state index >= 15 is 0 Å². The Morgan fingerprint density at radius 3 is 2.60 bits per heavy atom. The number of hydrogen-bond acceptors (Lipinski definition) is 5. The first-order valence-electron chi connectivity index (χ1n) is 6.92. The van der Waals surface area contributed by atoms with E-state index in [1.165, 1.54) is 19.3 Å². The van der Waals surface area contributed by atoms with Gasteiger partial charge in [-0.05, 0) is 52.5 Å². The molecule has 20 heavy (non-hydrogen) atoms. The third-order valence-electron chi connectivity index (χ3n) is 4.24. The summed E-state index contributed by atoms with van der Waals surface area (Å²) in [7, 11) is 6.36. The smallest absolute Gasteiger partial charge is 0.300 e. The van der Waals surface area contributed by atoms with E-state index in [0.717, 1.165) is 12.3 Å². The summed E-state index contributed by atoms with van der Waals surface area (Å²) in [5.41, 5.74) is 2.36. The van der Waals surface area contributed by atoms with Crippen molar-refractivity contribution in [2.45, 2.75) is 31.3 Å². The van der Waals surface area contributed by atoms with Gasteiger partial charge in [0.15, 0.2) is 5.76 Å². The van der Waals surface area contributed by atoms with Crippen LogP contribution in [-0.4, -0.2) is 48.9 Å². The number of carbonyl (C=O) groups excluding carboxylic acids is 1. The van der Waals surface area contributed by atoms with E-state index in [0.29, 0.717) is 12.1 Å². The molecule has 0 saturated heterocycles. The summed E-state index contributed by atoms with van der Waals surface area (Å²) in [5, 5.41) is 0. The van der Waals surface area contributed by atoms with Gasteiger partial charge in [0, 0.05) is 12.1 Å². The predicted molar refractivity (Wildman–Crippen MR) is 77.0 cm³/mol. The molecule has 112 valence electrons. The molecule has 1 aromatic rings. The molecule has 1 amide bonds. The van der Waals surface area contributed by atoms with Crippen molar-refractivity contribution < 1.29 is 9.21 Å². The van der Waals surface area contributed by atoms with Gasteiger partial charge in [-0.2, -0.15) is 0 Å². The van der Waals surface area contributed by atoms with Crippen LogP contribution in [-0.2, 0) is 6.54 Å². The number of nitrogen functional groups attached to an aromatic ring is 1. The Kier molecular flexibility index (Phi) is 4.47. The van der Waals surface area contributed by atoms with Crippen LogP contribution >= 0.6 is 0 Å². The fourth-order valence-electron chi connectivity index (χ4n) is 2.81. The molecule has 0 bridgehead atoms. The Balaban J connectivity index is 1.93. The van der Waals surface area contributed by atoms with Crippen LogP contribution in [0.15, 0.2) is 16.5 Å². The van der Waals surface area contributed by atoms with Crippen molar-refractivity contribution in [2.24, 2.45) is 5.84 Å². The molecule has 6 heteroatoms. The van der Waals surface area contributed by atoms with E-state index in [4.69, 9.17) is 10.3 Å². The molecule has 1 fully saturated rings. The minimum atomic E-state index is -0.400. The molecule has 1 aliphatic carbocycles. The zero-order valence-corrected chi connectivity index (χ0v) is 12.5. The first-order valence-corrected chi connectivity index (χ1v) is 6.92. The highest BCUT2D eigenvalue weighted by Crippen LogP contribution is 2.36. The quantitative estimate of drug-likeness (QED) is 0.458. The molecule has 2 rings (SSSR count). The van der Waals surface area contributed by atoms with Crippen molar-refractivity contribution in [1.82, 2.24) is 15.2 Å². The van der Waals surface area contributed by atoms with Gasteiger partial charge in [-0.3, -0.25) is 15.1 Å². The molecule has 1 heterocycles. The average Bonchev–Trinajstić information content (AvgIpc) is 2.80. The van der Waals surface area contributed by atoms with E-state index in [-0.39, 0.29) is 5.76 Å². The second-order valence-corrected chi connectivity index (χ2v) is 5.88. The molecule has 1 aliphatic rings. The lowest BCUT2D eigenvalue weighted by molar-refractivity contribution is 0.0243. The standard InChI is InChI=1S/C14H24N4O2/c1-17(2)14(7-4-8-14)10-18(3)9-11-5-6-12(20-11)13(19)16-15/h5-6H,4,7-10,15H2,1-3H3,(H,16,19). The lowest BCUT2D eigenvalue weighted by atomic mass is 9.75. The molecule has 1 saturated carbocycles. The number of likely N-dealkylation sites (N-methyl/N-ethyl adjacent to an activating group) is 2. The molecule has 0 aromatic carbocycles.